The molecule has 0 radical (unpaired) electrons. The SMILES string of the molecule is C=CCCC1COC(CCC2COC(C3CCC(CCCC)CC3)OC2)OC1. The van der Waals surface area contributed by atoms with Crippen LogP contribution < -0.4 is 0 Å². The highest BCUT2D eigenvalue weighted by Crippen LogP contribution is 2.36. The molecule has 3 aliphatic rings. The van der Waals surface area contributed by atoms with Crippen molar-refractivity contribution in [1.82, 2.24) is 0 Å². The van der Waals surface area contributed by atoms with Crippen molar-refractivity contribution in [2.45, 2.75) is 90.1 Å². The minimum absolute atomic E-state index is 0.0381. The van der Waals surface area contributed by atoms with Crippen LogP contribution in [0, 0.1) is 23.7 Å². The Morgan fingerprint density at radius 2 is 1.39 bits per heavy atom. The van der Waals surface area contributed by atoms with Crippen LogP contribution in [0.5, 0.6) is 0 Å². The number of unbranched alkanes of at least 4 members (excludes halogenated alkanes) is 1. The van der Waals surface area contributed by atoms with Crippen molar-refractivity contribution in [3.05, 3.63) is 12.7 Å². The van der Waals surface area contributed by atoms with Gasteiger partial charge in [0.05, 0.1) is 26.4 Å². The predicted octanol–water partition coefficient (Wildman–Crippen LogP) is 5.71. The van der Waals surface area contributed by atoms with E-state index in [1.54, 1.807) is 0 Å². The fourth-order valence-corrected chi connectivity index (χ4v) is 4.88. The van der Waals surface area contributed by atoms with Gasteiger partial charge in [-0.15, -0.1) is 6.58 Å². The maximum Gasteiger partial charge on any atom is 0.160 e. The first-order valence-corrected chi connectivity index (χ1v) is 11.9. The van der Waals surface area contributed by atoms with Gasteiger partial charge in [0.2, 0.25) is 0 Å². The molecule has 0 amide bonds. The van der Waals surface area contributed by atoms with Crippen molar-refractivity contribution < 1.29 is 18.9 Å². The van der Waals surface area contributed by atoms with Crippen LogP contribution in [-0.4, -0.2) is 39.0 Å². The van der Waals surface area contributed by atoms with E-state index in [1.165, 1.54) is 44.9 Å². The zero-order valence-corrected chi connectivity index (χ0v) is 18.0. The Labute approximate surface area is 172 Å². The molecule has 0 aromatic carbocycles. The molecule has 2 saturated heterocycles. The van der Waals surface area contributed by atoms with E-state index in [0.29, 0.717) is 17.8 Å². The van der Waals surface area contributed by atoms with E-state index in [9.17, 15) is 0 Å². The summed E-state index contributed by atoms with van der Waals surface area (Å²) >= 11 is 0. The smallest absolute Gasteiger partial charge is 0.160 e. The lowest BCUT2D eigenvalue weighted by molar-refractivity contribution is -0.236. The minimum atomic E-state index is -0.0453. The molecule has 2 heterocycles. The van der Waals surface area contributed by atoms with Gasteiger partial charge in [0, 0.05) is 17.8 Å². The first kappa shape index (κ1) is 22.3. The largest absolute Gasteiger partial charge is 0.352 e. The predicted molar refractivity (Wildman–Crippen MR) is 112 cm³/mol. The third-order valence-corrected chi connectivity index (χ3v) is 6.86. The molecule has 0 N–H and O–H groups in total. The van der Waals surface area contributed by atoms with E-state index in [0.717, 1.165) is 58.0 Å². The average molecular weight is 395 g/mol. The van der Waals surface area contributed by atoms with Crippen LogP contribution in [0.15, 0.2) is 12.7 Å². The van der Waals surface area contributed by atoms with Crippen molar-refractivity contribution in [2.24, 2.45) is 23.7 Å². The van der Waals surface area contributed by atoms with Crippen LogP contribution in [0.4, 0.5) is 0 Å². The second-order valence-electron chi connectivity index (χ2n) is 9.23. The van der Waals surface area contributed by atoms with Gasteiger partial charge >= 0.3 is 0 Å². The van der Waals surface area contributed by atoms with E-state index >= 15 is 0 Å². The van der Waals surface area contributed by atoms with Gasteiger partial charge < -0.3 is 18.9 Å². The molecular formula is C24H42O4. The van der Waals surface area contributed by atoms with Gasteiger partial charge in [-0.3, -0.25) is 0 Å². The summed E-state index contributed by atoms with van der Waals surface area (Å²) in [7, 11) is 0. The second kappa shape index (κ2) is 12.3. The molecule has 1 aliphatic carbocycles. The lowest BCUT2D eigenvalue weighted by atomic mass is 9.79. The second-order valence-corrected chi connectivity index (χ2v) is 9.23. The van der Waals surface area contributed by atoms with Gasteiger partial charge in [-0.1, -0.05) is 32.3 Å². The summed E-state index contributed by atoms with van der Waals surface area (Å²) in [6, 6.07) is 0. The zero-order valence-electron chi connectivity index (χ0n) is 18.0. The van der Waals surface area contributed by atoms with Crippen molar-refractivity contribution in [3.8, 4) is 0 Å². The summed E-state index contributed by atoms with van der Waals surface area (Å²) in [6.45, 7) is 9.37. The monoisotopic (exact) mass is 394 g/mol. The lowest BCUT2D eigenvalue weighted by Crippen LogP contribution is -2.39. The van der Waals surface area contributed by atoms with Crippen LogP contribution in [0.3, 0.4) is 0 Å². The van der Waals surface area contributed by atoms with Crippen molar-refractivity contribution >= 4 is 0 Å². The van der Waals surface area contributed by atoms with Gasteiger partial charge in [-0.2, -0.15) is 0 Å². The molecule has 3 fully saturated rings. The van der Waals surface area contributed by atoms with Crippen LogP contribution in [0.25, 0.3) is 0 Å². The van der Waals surface area contributed by atoms with E-state index in [4.69, 9.17) is 18.9 Å². The van der Waals surface area contributed by atoms with Gasteiger partial charge in [-0.05, 0) is 57.3 Å². The Hall–Kier alpha value is -0.420. The average Bonchev–Trinajstić information content (AvgIpc) is 2.76. The van der Waals surface area contributed by atoms with Gasteiger partial charge in [0.15, 0.2) is 12.6 Å². The summed E-state index contributed by atoms with van der Waals surface area (Å²) in [6.07, 6.45) is 15.5. The van der Waals surface area contributed by atoms with E-state index in [-0.39, 0.29) is 12.6 Å². The molecule has 0 aromatic heterocycles. The Kier molecular flexibility index (Phi) is 9.79. The first-order valence-electron chi connectivity index (χ1n) is 11.9. The molecule has 0 spiro atoms. The Bertz CT molecular complexity index is 416. The quantitative estimate of drug-likeness (QED) is 0.445. The molecule has 0 bridgehead atoms. The Balaban J connectivity index is 1.25. The van der Waals surface area contributed by atoms with E-state index in [2.05, 4.69) is 13.5 Å². The summed E-state index contributed by atoms with van der Waals surface area (Å²) in [5.41, 5.74) is 0. The molecule has 2 aliphatic heterocycles. The third-order valence-electron chi connectivity index (χ3n) is 6.86. The topological polar surface area (TPSA) is 36.9 Å². The maximum absolute atomic E-state index is 6.13. The highest BCUT2D eigenvalue weighted by atomic mass is 16.7. The van der Waals surface area contributed by atoms with Crippen molar-refractivity contribution in [2.75, 3.05) is 26.4 Å². The lowest BCUT2D eigenvalue weighted by Gasteiger charge is -2.38. The molecule has 0 aromatic rings. The highest BCUT2D eigenvalue weighted by molar-refractivity contribution is 4.77. The molecule has 1 saturated carbocycles. The summed E-state index contributed by atoms with van der Waals surface area (Å²) in [5, 5.41) is 0. The molecule has 28 heavy (non-hydrogen) atoms. The first-order chi connectivity index (χ1) is 13.8. The maximum atomic E-state index is 6.13. The minimum Gasteiger partial charge on any atom is -0.352 e. The molecule has 3 rings (SSSR count). The van der Waals surface area contributed by atoms with Crippen molar-refractivity contribution in [1.29, 1.82) is 0 Å². The number of allylic oxidation sites excluding steroid dienone is 1. The summed E-state index contributed by atoms with van der Waals surface area (Å²) in [5.74, 6) is 2.55. The fraction of sp³-hybridized carbons (Fsp3) is 0.917. The third kappa shape index (κ3) is 7.12. The van der Waals surface area contributed by atoms with E-state index < -0.39 is 0 Å². The number of rotatable bonds is 10. The normalized spacial score (nSPS) is 36.9. The molecule has 4 nitrogen and oxygen atoms in total. The number of hydrogen-bond acceptors (Lipinski definition) is 4. The zero-order chi connectivity index (χ0) is 19.6. The standard InChI is InChI=1S/C24H42O4/c1-3-5-7-19-9-12-22(13-10-19)24-27-17-21(18-28-24)11-14-23-25-15-20(16-26-23)8-6-4-2/h4,19-24H,2-3,5-18H2,1H3. The number of ether oxygens (including phenoxy) is 4. The van der Waals surface area contributed by atoms with Crippen LogP contribution in [0.2, 0.25) is 0 Å². The Morgan fingerprint density at radius 3 is 2.04 bits per heavy atom. The Morgan fingerprint density at radius 1 is 0.750 bits per heavy atom. The number of hydrogen-bond donors (Lipinski definition) is 0. The van der Waals surface area contributed by atoms with Crippen LogP contribution >= 0.6 is 0 Å². The van der Waals surface area contributed by atoms with Crippen LogP contribution in [-0.2, 0) is 18.9 Å². The van der Waals surface area contributed by atoms with Gasteiger partial charge in [-0.25, -0.2) is 0 Å². The van der Waals surface area contributed by atoms with Crippen molar-refractivity contribution in [3.63, 3.8) is 0 Å². The molecular weight excluding hydrogens is 352 g/mol. The van der Waals surface area contributed by atoms with E-state index in [1.807, 2.05) is 6.08 Å². The highest BCUT2D eigenvalue weighted by Gasteiger charge is 2.33. The van der Waals surface area contributed by atoms with Crippen LogP contribution in [0.1, 0.15) is 77.6 Å². The summed E-state index contributed by atoms with van der Waals surface area (Å²) < 4.78 is 24.1. The van der Waals surface area contributed by atoms with Gasteiger partial charge in [0.1, 0.15) is 0 Å². The summed E-state index contributed by atoms with van der Waals surface area (Å²) in [4.78, 5) is 0. The molecule has 4 heteroatoms. The van der Waals surface area contributed by atoms with Gasteiger partial charge in [0.25, 0.3) is 0 Å². The molecule has 0 unspecified atom stereocenters. The molecule has 0 atom stereocenters. The fourth-order valence-electron chi connectivity index (χ4n) is 4.88. The molecule has 162 valence electrons.